The fraction of sp³-hybridized carbons (Fsp3) is 1.00. The molecule has 6 heterocycles. The SMILES string of the molecule is C[C@@H]1O[C@H](O)[C@H](O)[C@H](O)[C@H]1O[C@@H]1OC[C@@H](O[C@H]2O[C@@H](CO)[C@H](O[C@@H]3O[C@H](CO)[C@@H](O[C@@H]4O[C@H](CO)[C@@H](O[C@@H]5O[C@H](CO)[C@H](O)[C@H](O)[C@@H]5O)[C@H](O)[C@@H]4O)[C@H](O)[C@@H]3O)[C@@H](O)[C@@H]2O)[C@H](O)[C@@H]1O. The highest BCUT2D eigenvalue weighted by Gasteiger charge is 2.56. The number of ether oxygens (including phenoxy) is 11. The first kappa shape index (κ1) is 52.2. The molecule has 6 fully saturated rings. The van der Waals surface area contributed by atoms with Gasteiger partial charge in [0.15, 0.2) is 37.7 Å². The lowest BCUT2D eigenvalue weighted by Gasteiger charge is -2.49. The summed E-state index contributed by atoms with van der Waals surface area (Å²) in [6.45, 7) is -2.85. The summed E-state index contributed by atoms with van der Waals surface area (Å²) in [6.07, 6.45) is -51.5. The van der Waals surface area contributed by atoms with E-state index in [1.54, 1.807) is 0 Å². The van der Waals surface area contributed by atoms with Crippen LogP contribution in [0.3, 0.4) is 0 Å². The second kappa shape index (κ2) is 22.1. The largest absolute Gasteiger partial charge is 0.394 e. The number of hydrogen-bond acceptors (Lipinski definition) is 29. The van der Waals surface area contributed by atoms with Crippen molar-refractivity contribution in [2.24, 2.45) is 0 Å². The third-order valence-electron chi connectivity index (χ3n) is 12.0. The maximum absolute atomic E-state index is 11.2. The Balaban J connectivity index is 1.04. The molecule has 0 amide bonds. The standard InChI is InChI=1S/C35H60O29/c1-7-26(16(43)20(47)30(53)55-7)61-31-21(48)14(41)12(6-54-31)60-32-23(50)17(44)27(9(3-37)57-32)63-34-25(52)19(46)29(11(5-39)59-34)64-35-24(51)18(45)28(10(4-38)58-35)62-33-22(49)15(42)13(40)8(2-36)56-33/h7-53H,2-6H2,1H3/t7-,8+,9-,10+,11+,12+,13-,14-,15-,16-,17-,18+,19+,20+,21-,22-,23-,24-,25-,26-,27-,28+,29+,30-,31-,32+,33-,34-,35-/m0/s1. The van der Waals surface area contributed by atoms with E-state index in [4.69, 9.17) is 52.1 Å². The molecule has 0 unspecified atom stereocenters. The van der Waals surface area contributed by atoms with Gasteiger partial charge in [0, 0.05) is 0 Å². The number of aliphatic hydroxyl groups excluding tert-OH is 18. The molecule has 0 aromatic carbocycles. The molecule has 374 valence electrons. The minimum Gasteiger partial charge on any atom is -0.394 e. The van der Waals surface area contributed by atoms with E-state index in [1.807, 2.05) is 0 Å². The van der Waals surface area contributed by atoms with Crippen molar-refractivity contribution in [3.63, 3.8) is 0 Å². The van der Waals surface area contributed by atoms with Gasteiger partial charge in [-0.1, -0.05) is 0 Å². The van der Waals surface area contributed by atoms with Gasteiger partial charge in [-0.3, -0.25) is 0 Å². The molecule has 29 nitrogen and oxygen atoms in total. The predicted molar refractivity (Wildman–Crippen MR) is 192 cm³/mol. The first-order valence-corrected chi connectivity index (χ1v) is 20.4. The van der Waals surface area contributed by atoms with Crippen molar-refractivity contribution in [3.8, 4) is 0 Å². The predicted octanol–water partition coefficient (Wildman–Crippen LogP) is -12.4. The van der Waals surface area contributed by atoms with E-state index in [1.165, 1.54) is 6.92 Å². The molecule has 6 rings (SSSR count). The molecular formula is C35H60O29. The Morgan fingerprint density at radius 2 is 0.688 bits per heavy atom. The van der Waals surface area contributed by atoms with E-state index in [0.29, 0.717) is 0 Å². The van der Waals surface area contributed by atoms with Gasteiger partial charge < -0.3 is 144 Å². The van der Waals surface area contributed by atoms with Gasteiger partial charge in [0.25, 0.3) is 0 Å². The molecular weight excluding hydrogens is 884 g/mol. The van der Waals surface area contributed by atoms with Gasteiger partial charge in [-0.2, -0.15) is 0 Å². The summed E-state index contributed by atoms with van der Waals surface area (Å²) >= 11 is 0. The van der Waals surface area contributed by atoms with Crippen molar-refractivity contribution < 1.29 is 144 Å². The lowest BCUT2D eigenvalue weighted by Crippen LogP contribution is -2.67. The monoisotopic (exact) mass is 944 g/mol. The van der Waals surface area contributed by atoms with Gasteiger partial charge >= 0.3 is 0 Å². The van der Waals surface area contributed by atoms with Crippen LogP contribution in [-0.2, 0) is 52.1 Å². The van der Waals surface area contributed by atoms with Crippen molar-refractivity contribution in [2.75, 3.05) is 33.0 Å². The molecule has 6 aliphatic rings. The van der Waals surface area contributed by atoms with Crippen LogP contribution in [0.25, 0.3) is 0 Å². The molecule has 18 N–H and O–H groups in total. The van der Waals surface area contributed by atoms with Crippen LogP contribution >= 0.6 is 0 Å². The molecule has 29 heteroatoms. The van der Waals surface area contributed by atoms with Gasteiger partial charge in [0.05, 0.1) is 39.1 Å². The summed E-state index contributed by atoms with van der Waals surface area (Å²) in [6, 6.07) is 0. The van der Waals surface area contributed by atoms with Crippen LogP contribution in [0.5, 0.6) is 0 Å². The summed E-state index contributed by atoms with van der Waals surface area (Å²) in [4.78, 5) is 0. The molecule has 0 saturated carbocycles. The summed E-state index contributed by atoms with van der Waals surface area (Å²) in [5.41, 5.74) is 0. The van der Waals surface area contributed by atoms with Crippen molar-refractivity contribution >= 4 is 0 Å². The molecule has 29 atom stereocenters. The summed E-state index contributed by atoms with van der Waals surface area (Å²) < 4.78 is 60.6. The fourth-order valence-corrected chi connectivity index (χ4v) is 8.19. The van der Waals surface area contributed by atoms with E-state index in [2.05, 4.69) is 0 Å². The Bertz CT molecular complexity index is 1430. The van der Waals surface area contributed by atoms with Crippen molar-refractivity contribution in [2.45, 2.75) is 185 Å². The zero-order chi connectivity index (χ0) is 47.1. The molecule has 64 heavy (non-hydrogen) atoms. The number of rotatable bonds is 14. The van der Waals surface area contributed by atoms with E-state index >= 15 is 0 Å². The van der Waals surface area contributed by atoms with Crippen LogP contribution in [0.1, 0.15) is 6.92 Å². The van der Waals surface area contributed by atoms with E-state index in [0.717, 1.165) is 0 Å². The topological polar surface area (TPSA) is 466 Å². The van der Waals surface area contributed by atoms with Crippen molar-refractivity contribution in [1.82, 2.24) is 0 Å². The van der Waals surface area contributed by atoms with E-state index < -0.39 is 211 Å². The first-order valence-electron chi connectivity index (χ1n) is 20.4. The molecule has 0 aliphatic carbocycles. The van der Waals surface area contributed by atoms with Gasteiger partial charge in [-0.15, -0.1) is 0 Å². The summed E-state index contributed by atoms with van der Waals surface area (Å²) in [7, 11) is 0. The van der Waals surface area contributed by atoms with Gasteiger partial charge in [0.2, 0.25) is 0 Å². The van der Waals surface area contributed by atoms with Gasteiger partial charge in [-0.05, 0) is 6.92 Å². The highest BCUT2D eigenvalue weighted by Crippen LogP contribution is 2.35. The Morgan fingerprint density at radius 3 is 1.11 bits per heavy atom. The molecule has 6 aliphatic heterocycles. The highest BCUT2D eigenvalue weighted by molar-refractivity contribution is 4.99. The van der Waals surface area contributed by atoms with Crippen LogP contribution in [0.4, 0.5) is 0 Å². The van der Waals surface area contributed by atoms with Gasteiger partial charge in [-0.25, -0.2) is 0 Å². The van der Waals surface area contributed by atoms with Crippen LogP contribution in [0.15, 0.2) is 0 Å². The average molecular weight is 945 g/mol. The van der Waals surface area contributed by atoms with Crippen LogP contribution < -0.4 is 0 Å². The molecule has 0 spiro atoms. The van der Waals surface area contributed by atoms with Crippen molar-refractivity contribution in [3.05, 3.63) is 0 Å². The quantitative estimate of drug-likeness (QED) is 0.0769. The zero-order valence-corrected chi connectivity index (χ0v) is 33.8. The summed E-state index contributed by atoms with van der Waals surface area (Å²) in [5.74, 6) is 0. The maximum atomic E-state index is 11.2. The van der Waals surface area contributed by atoms with Crippen molar-refractivity contribution in [1.29, 1.82) is 0 Å². The average Bonchev–Trinajstić information content (AvgIpc) is 3.28. The second-order valence-electron chi connectivity index (χ2n) is 16.3. The maximum Gasteiger partial charge on any atom is 0.187 e. The van der Waals surface area contributed by atoms with Crippen LogP contribution in [0.2, 0.25) is 0 Å². The lowest BCUT2D eigenvalue weighted by molar-refractivity contribution is -0.392. The minimum atomic E-state index is -2.13. The minimum absolute atomic E-state index is 0.552. The van der Waals surface area contributed by atoms with Gasteiger partial charge in [0.1, 0.15) is 134 Å². The van der Waals surface area contributed by atoms with E-state index in [9.17, 15) is 91.9 Å². The third kappa shape index (κ3) is 10.5. The highest BCUT2D eigenvalue weighted by atomic mass is 16.8. The van der Waals surface area contributed by atoms with E-state index in [-0.39, 0.29) is 0 Å². The zero-order valence-electron chi connectivity index (χ0n) is 33.8. The fourth-order valence-electron chi connectivity index (χ4n) is 8.19. The number of aliphatic hydroxyl groups is 18. The Kier molecular flexibility index (Phi) is 18.0. The lowest BCUT2D eigenvalue weighted by atomic mass is 9.95. The molecule has 0 radical (unpaired) electrons. The normalized spacial score (nSPS) is 54.1. The molecule has 6 saturated heterocycles. The number of hydrogen-bond donors (Lipinski definition) is 18. The Hall–Kier alpha value is -1.16. The van der Waals surface area contributed by atoms with Crippen LogP contribution in [-0.4, -0.2) is 303 Å². The first-order chi connectivity index (χ1) is 30.3. The third-order valence-corrected chi connectivity index (χ3v) is 12.0. The molecule has 0 aromatic rings. The second-order valence-corrected chi connectivity index (χ2v) is 16.3. The van der Waals surface area contributed by atoms with Crippen LogP contribution in [0, 0.1) is 0 Å². The molecule has 0 aromatic heterocycles. The Morgan fingerprint density at radius 1 is 0.344 bits per heavy atom. The smallest absolute Gasteiger partial charge is 0.187 e. The Labute approximate surface area is 362 Å². The molecule has 0 bridgehead atoms. The summed E-state index contributed by atoms with van der Waals surface area (Å²) in [5, 5.41) is 188.